The number of aliphatic hydroxyl groups is 1. The number of aliphatic hydroxyl groups excluding tert-OH is 1. The third kappa shape index (κ3) is 2.82. The van der Waals surface area contributed by atoms with Gasteiger partial charge in [-0.2, -0.15) is 0 Å². The predicted molar refractivity (Wildman–Crippen MR) is 76.0 cm³/mol. The molecule has 2 fully saturated rings. The number of amides is 2. The second kappa shape index (κ2) is 5.72. The van der Waals surface area contributed by atoms with Gasteiger partial charge in [0.25, 0.3) is 0 Å². The summed E-state index contributed by atoms with van der Waals surface area (Å²) >= 11 is 0. The standard InChI is InChI=1S/C15H26N2O3/c1-15(2,3)14(20)17-9-5-7-12(17)13(19)16-8-4-6-11(16)10-18/h11-12,18H,4-10H2,1-3H3. The van der Waals surface area contributed by atoms with Gasteiger partial charge >= 0.3 is 0 Å². The zero-order valence-electron chi connectivity index (χ0n) is 12.8. The summed E-state index contributed by atoms with van der Waals surface area (Å²) in [7, 11) is 0. The van der Waals surface area contributed by atoms with Crippen LogP contribution in [0.25, 0.3) is 0 Å². The highest BCUT2D eigenvalue weighted by molar-refractivity contribution is 5.90. The Hall–Kier alpha value is -1.10. The van der Waals surface area contributed by atoms with Gasteiger partial charge in [-0.25, -0.2) is 0 Å². The summed E-state index contributed by atoms with van der Waals surface area (Å²) < 4.78 is 0. The number of hydrogen-bond donors (Lipinski definition) is 1. The van der Waals surface area contributed by atoms with Crippen LogP contribution in [0.1, 0.15) is 46.5 Å². The van der Waals surface area contributed by atoms with E-state index in [1.165, 1.54) is 0 Å². The second-order valence-corrected chi connectivity index (χ2v) is 6.92. The maximum atomic E-state index is 12.7. The Morgan fingerprint density at radius 3 is 2.30 bits per heavy atom. The highest BCUT2D eigenvalue weighted by atomic mass is 16.3. The lowest BCUT2D eigenvalue weighted by molar-refractivity contribution is -0.149. The van der Waals surface area contributed by atoms with Crippen molar-refractivity contribution in [3.05, 3.63) is 0 Å². The molecule has 0 saturated carbocycles. The van der Waals surface area contributed by atoms with Crippen LogP contribution in [-0.2, 0) is 9.59 Å². The molecule has 5 nitrogen and oxygen atoms in total. The summed E-state index contributed by atoms with van der Waals surface area (Å²) in [4.78, 5) is 28.7. The molecule has 0 aromatic rings. The van der Waals surface area contributed by atoms with Crippen LogP contribution in [0.5, 0.6) is 0 Å². The molecular weight excluding hydrogens is 256 g/mol. The Morgan fingerprint density at radius 1 is 1.10 bits per heavy atom. The molecule has 2 amide bonds. The van der Waals surface area contributed by atoms with E-state index in [2.05, 4.69) is 0 Å². The minimum atomic E-state index is -0.454. The fourth-order valence-electron chi connectivity index (χ4n) is 3.20. The second-order valence-electron chi connectivity index (χ2n) is 6.92. The third-order valence-corrected chi connectivity index (χ3v) is 4.31. The Labute approximate surface area is 120 Å². The number of nitrogens with zero attached hydrogens (tertiary/aromatic N) is 2. The van der Waals surface area contributed by atoms with E-state index in [0.717, 1.165) is 25.7 Å². The minimum absolute atomic E-state index is 0.0195. The topological polar surface area (TPSA) is 60.9 Å². The highest BCUT2D eigenvalue weighted by Crippen LogP contribution is 2.28. The van der Waals surface area contributed by atoms with E-state index in [1.807, 2.05) is 20.8 Å². The summed E-state index contributed by atoms with van der Waals surface area (Å²) in [5, 5.41) is 9.36. The van der Waals surface area contributed by atoms with E-state index in [1.54, 1.807) is 9.80 Å². The van der Waals surface area contributed by atoms with Gasteiger partial charge < -0.3 is 14.9 Å². The van der Waals surface area contributed by atoms with Crippen molar-refractivity contribution >= 4 is 11.8 Å². The van der Waals surface area contributed by atoms with Gasteiger partial charge in [0, 0.05) is 18.5 Å². The summed E-state index contributed by atoms with van der Waals surface area (Å²) in [6.45, 7) is 7.07. The van der Waals surface area contributed by atoms with Crippen LogP contribution in [0.2, 0.25) is 0 Å². The molecule has 0 spiro atoms. The van der Waals surface area contributed by atoms with Crippen molar-refractivity contribution in [1.82, 2.24) is 9.80 Å². The summed E-state index contributed by atoms with van der Waals surface area (Å²) in [5.74, 6) is 0.0738. The molecule has 2 unspecified atom stereocenters. The van der Waals surface area contributed by atoms with Crippen molar-refractivity contribution in [2.45, 2.75) is 58.5 Å². The molecule has 2 aliphatic rings. The molecule has 2 aliphatic heterocycles. The third-order valence-electron chi connectivity index (χ3n) is 4.31. The van der Waals surface area contributed by atoms with Crippen molar-refractivity contribution in [2.24, 2.45) is 5.41 Å². The quantitative estimate of drug-likeness (QED) is 0.822. The zero-order valence-corrected chi connectivity index (χ0v) is 12.8. The van der Waals surface area contributed by atoms with Gasteiger partial charge in [0.05, 0.1) is 12.6 Å². The predicted octanol–water partition coefficient (Wildman–Crippen LogP) is 1.01. The molecule has 2 atom stereocenters. The van der Waals surface area contributed by atoms with E-state index in [4.69, 9.17) is 0 Å². The van der Waals surface area contributed by atoms with Crippen LogP contribution in [0.4, 0.5) is 0 Å². The SMILES string of the molecule is CC(C)(C)C(=O)N1CCCC1C(=O)N1CCCC1CO. The first-order chi connectivity index (χ1) is 9.36. The van der Waals surface area contributed by atoms with Crippen LogP contribution in [-0.4, -0.2) is 58.5 Å². The molecule has 114 valence electrons. The summed E-state index contributed by atoms with van der Waals surface area (Å²) in [6, 6.07) is -0.386. The first kappa shape index (κ1) is 15.3. The molecule has 2 saturated heterocycles. The molecule has 0 radical (unpaired) electrons. The number of carbonyl (C=O) groups excluding carboxylic acids is 2. The van der Waals surface area contributed by atoms with Crippen LogP contribution in [0.3, 0.4) is 0 Å². The molecular formula is C15H26N2O3. The molecule has 0 aliphatic carbocycles. The Balaban J connectivity index is 2.11. The van der Waals surface area contributed by atoms with Gasteiger partial charge in [0.15, 0.2) is 0 Å². The Bertz CT molecular complexity index is 389. The van der Waals surface area contributed by atoms with Crippen LogP contribution in [0.15, 0.2) is 0 Å². The fraction of sp³-hybridized carbons (Fsp3) is 0.867. The number of carbonyl (C=O) groups is 2. The maximum absolute atomic E-state index is 12.7. The first-order valence-electron chi connectivity index (χ1n) is 7.58. The van der Waals surface area contributed by atoms with E-state index in [-0.39, 0.29) is 30.5 Å². The molecule has 1 N–H and O–H groups in total. The van der Waals surface area contributed by atoms with Crippen molar-refractivity contribution in [2.75, 3.05) is 19.7 Å². The van der Waals surface area contributed by atoms with E-state index in [0.29, 0.717) is 13.1 Å². The van der Waals surface area contributed by atoms with Crippen molar-refractivity contribution in [3.63, 3.8) is 0 Å². The van der Waals surface area contributed by atoms with Crippen LogP contribution in [0, 0.1) is 5.41 Å². The molecule has 0 aromatic heterocycles. The summed E-state index contributed by atoms with van der Waals surface area (Å²) in [5.41, 5.74) is -0.454. The minimum Gasteiger partial charge on any atom is -0.394 e. The fourth-order valence-corrected chi connectivity index (χ4v) is 3.20. The van der Waals surface area contributed by atoms with Crippen molar-refractivity contribution in [1.29, 1.82) is 0 Å². The lowest BCUT2D eigenvalue weighted by atomic mass is 9.94. The number of likely N-dealkylation sites (tertiary alicyclic amines) is 2. The van der Waals surface area contributed by atoms with Gasteiger partial charge in [-0.1, -0.05) is 20.8 Å². The zero-order chi connectivity index (χ0) is 14.9. The molecule has 2 rings (SSSR count). The molecule has 0 aromatic carbocycles. The van der Waals surface area contributed by atoms with Gasteiger partial charge in [0.2, 0.25) is 11.8 Å². The number of rotatable bonds is 2. The Kier molecular flexibility index (Phi) is 4.37. The lowest BCUT2D eigenvalue weighted by Crippen LogP contribution is -2.52. The van der Waals surface area contributed by atoms with Crippen molar-refractivity contribution < 1.29 is 14.7 Å². The molecule has 0 bridgehead atoms. The summed E-state index contributed by atoms with van der Waals surface area (Å²) in [6.07, 6.45) is 3.43. The van der Waals surface area contributed by atoms with E-state index < -0.39 is 5.41 Å². The lowest BCUT2D eigenvalue weighted by Gasteiger charge is -2.33. The normalized spacial score (nSPS) is 27.2. The molecule has 5 heteroatoms. The molecule has 2 heterocycles. The van der Waals surface area contributed by atoms with Crippen molar-refractivity contribution in [3.8, 4) is 0 Å². The average molecular weight is 282 g/mol. The number of hydrogen-bond acceptors (Lipinski definition) is 3. The Morgan fingerprint density at radius 2 is 1.70 bits per heavy atom. The highest BCUT2D eigenvalue weighted by Gasteiger charge is 2.42. The van der Waals surface area contributed by atoms with Gasteiger partial charge in [0.1, 0.15) is 6.04 Å². The molecule has 20 heavy (non-hydrogen) atoms. The van der Waals surface area contributed by atoms with Gasteiger partial charge in [-0.05, 0) is 25.7 Å². The van der Waals surface area contributed by atoms with Gasteiger partial charge in [-0.3, -0.25) is 9.59 Å². The smallest absolute Gasteiger partial charge is 0.245 e. The van der Waals surface area contributed by atoms with Crippen LogP contribution >= 0.6 is 0 Å². The average Bonchev–Trinajstić information content (AvgIpc) is 3.04. The monoisotopic (exact) mass is 282 g/mol. The maximum Gasteiger partial charge on any atom is 0.245 e. The van der Waals surface area contributed by atoms with E-state index >= 15 is 0 Å². The van der Waals surface area contributed by atoms with Crippen LogP contribution < -0.4 is 0 Å². The van der Waals surface area contributed by atoms with Gasteiger partial charge in [-0.15, -0.1) is 0 Å². The van der Waals surface area contributed by atoms with E-state index in [9.17, 15) is 14.7 Å². The largest absolute Gasteiger partial charge is 0.394 e. The first-order valence-corrected chi connectivity index (χ1v) is 7.58.